The number of nitrogens with zero attached hydrogens (tertiary/aromatic N) is 2. The molecule has 0 aliphatic heterocycles. The zero-order valence-corrected chi connectivity index (χ0v) is 11.1. The number of alkyl halides is 2. The maximum atomic E-state index is 13.0. The van der Waals surface area contributed by atoms with Gasteiger partial charge in [-0.3, -0.25) is 10.1 Å². The largest absolute Gasteiger partial charge is 0.389 e. The van der Waals surface area contributed by atoms with E-state index in [1.165, 1.54) is 25.1 Å². The van der Waals surface area contributed by atoms with Gasteiger partial charge in [-0.25, -0.2) is 8.78 Å². The van der Waals surface area contributed by atoms with Crippen LogP contribution in [0.1, 0.15) is 12.0 Å². The van der Waals surface area contributed by atoms with Crippen LogP contribution in [0.15, 0.2) is 18.2 Å². The molecule has 0 fully saturated rings. The minimum absolute atomic E-state index is 0.0708. The molecule has 112 valence electrons. The van der Waals surface area contributed by atoms with E-state index in [1.807, 2.05) is 0 Å². The van der Waals surface area contributed by atoms with Gasteiger partial charge in [0.25, 0.3) is 12.1 Å². The van der Waals surface area contributed by atoms with E-state index >= 15 is 0 Å². The first-order valence-electron chi connectivity index (χ1n) is 5.81. The summed E-state index contributed by atoms with van der Waals surface area (Å²) in [5.74, 6) is 0. The van der Waals surface area contributed by atoms with Crippen LogP contribution in [-0.4, -0.2) is 43.4 Å². The summed E-state index contributed by atoms with van der Waals surface area (Å²) in [4.78, 5) is 11.3. The van der Waals surface area contributed by atoms with Crippen molar-refractivity contribution < 1.29 is 23.5 Å². The van der Waals surface area contributed by atoms with Crippen molar-refractivity contribution in [1.82, 2.24) is 0 Å². The molecule has 0 aliphatic rings. The van der Waals surface area contributed by atoms with Crippen LogP contribution in [0.5, 0.6) is 0 Å². The predicted octanol–water partition coefficient (Wildman–Crippen LogP) is 1.98. The number of rotatable bonds is 7. The first-order chi connectivity index (χ1) is 9.36. The summed E-state index contributed by atoms with van der Waals surface area (Å²) in [6.45, 7) is 0.146. The summed E-state index contributed by atoms with van der Waals surface area (Å²) in [5.41, 5.74) is -0.693. The molecule has 1 atom stereocenters. The van der Waals surface area contributed by atoms with Crippen molar-refractivity contribution in [3.63, 3.8) is 0 Å². The Morgan fingerprint density at radius 1 is 1.50 bits per heavy atom. The minimum atomic E-state index is -2.84. The number of nitro benzene ring substituents is 1. The molecule has 0 heterocycles. The number of anilines is 1. The van der Waals surface area contributed by atoms with Crippen molar-refractivity contribution in [3.05, 3.63) is 33.9 Å². The van der Waals surface area contributed by atoms with Crippen LogP contribution < -0.4 is 4.90 Å². The van der Waals surface area contributed by atoms with Gasteiger partial charge in [0.2, 0.25) is 0 Å². The lowest BCUT2D eigenvalue weighted by molar-refractivity contribution is -0.385. The van der Waals surface area contributed by atoms with Crippen LogP contribution in [0, 0.1) is 10.1 Å². The Morgan fingerprint density at radius 3 is 2.65 bits per heavy atom. The second kappa shape index (κ2) is 7.11. The van der Waals surface area contributed by atoms with E-state index < -0.39 is 28.7 Å². The van der Waals surface area contributed by atoms with E-state index in [1.54, 1.807) is 0 Å². The Hall–Kier alpha value is -1.80. The van der Waals surface area contributed by atoms with Gasteiger partial charge >= 0.3 is 0 Å². The summed E-state index contributed by atoms with van der Waals surface area (Å²) < 4.78 is 30.7. The monoisotopic (exact) mass is 290 g/mol. The number of methoxy groups -OCH3 is 1. The molecule has 20 heavy (non-hydrogen) atoms. The minimum Gasteiger partial charge on any atom is -0.389 e. The van der Waals surface area contributed by atoms with Gasteiger partial charge < -0.3 is 14.7 Å². The molecule has 0 saturated carbocycles. The quantitative estimate of drug-likeness (QED) is 0.614. The summed E-state index contributed by atoms with van der Waals surface area (Å²) >= 11 is 0. The van der Waals surface area contributed by atoms with Crippen LogP contribution in [0.4, 0.5) is 20.2 Å². The molecular weight excluding hydrogens is 274 g/mol. The lowest BCUT2D eigenvalue weighted by Gasteiger charge is -2.24. The first kappa shape index (κ1) is 16.3. The van der Waals surface area contributed by atoms with E-state index in [0.717, 1.165) is 12.1 Å². The second-order valence-electron chi connectivity index (χ2n) is 4.29. The molecule has 0 amide bonds. The Morgan fingerprint density at radius 2 is 2.15 bits per heavy atom. The highest BCUT2D eigenvalue weighted by Gasteiger charge is 2.21. The number of hydrogen-bond acceptors (Lipinski definition) is 5. The van der Waals surface area contributed by atoms with Gasteiger partial charge in [-0.1, -0.05) is 0 Å². The Kier molecular flexibility index (Phi) is 5.78. The molecule has 1 aromatic rings. The standard InChI is InChI=1S/C12H16F2N2O4/c1-15(6-9(17)7-20-2)11-4-3-8(16(18)19)5-10(11)12(13)14/h3-5,9,12,17H,6-7H2,1-2H3. The maximum absolute atomic E-state index is 13.0. The number of hydrogen-bond donors (Lipinski definition) is 1. The third kappa shape index (κ3) is 4.10. The van der Waals surface area contributed by atoms with Gasteiger partial charge in [0.05, 0.1) is 17.6 Å². The summed E-state index contributed by atoms with van der Waals surface area (Å²) in [7, 11) is 2.94. The molecule has 1 rings (SSSR count). The van der Waals surface area contributed by atoms with Crippen LogP contribution >= 0.6 is 0 Å². The molecule has 1 N–H and O–H groups in total. The van der Waals surface area contributed by atoms with Crippen molar-refractivity contribution >= 4 is 11.4 Å². The van der Waals surface area contributed by atoms with Crippen molar-refractivity contribution in [2.45, 2.75) is 12.5 Å². The second-order valence-corrected chi connectivity index (χ2v) is 4.29. The third-order valence-corrected chi connectivity index (χ3v) is 2.71. The van der Waals surface area contributed by atoms with E-state index in [2.05, 4.69) is 0 Å². The van der Waals surface area contributed by atoms with E-state index in [-0.39, 0.29) is 18.8 Å². The smallest absolute Gasteiger partial charge is 0.270 e. The zero-order valence-electron chi connectivity index (χ0n) is 11.1. The highest BCUT2D eigenvalue weighted by Crippen LogP contribution is 2.32. The molecule has 0 aromatic heterocycles. The molecule has 1 unspecified atom stereocenters. The molecule has 0 bridgehead atoms. The van der Waals surface area contributed by atoms with Crippen LogP contribution in [0.3, 0.4) is 0 Å². The van der Waals surface area contributed by atoms with Gasteiger partial charge in [-0.15, -0.1) is 0 Å². The van der Waals surface area contributed by atoms with Gasteiger partial charge in [0.15, 0.2) is 0 Å². The molecule has 0 saturated heterocycles. The van der Waals surface area contributed by atoms with E-state index in [4.69, 9.17) is 4.74 Å². The highest BCUT2D eigenvalue weighted by atomic mass is 19.3. The predicted molar refractivity (Wildman–Crippen MR) is 69.2 cm³/mol. The van der Waals surface area contributed by atoms with Crippen molar-refractivity contribution in [3.8, 4) is 0 Å². The van der Waals surface area contributed by atoms with Crippen LogP contribution in [0.2, 0.25) is 0 Å². The van der Waals surface area contributed by atoms with Gasteiger partial charge in [-0.05, 0) is 6.07 Å². The van der Waals surface area contributed by atoms with Gasteiger partial charge in [0.1, 0.15) is 0 Å². The summed E-state index contributed by atoms with van der Waals surface area (Å²) in [5, 5.41) is 20.2. The fourth-order valence-electron chi connectivity index (χ4n) is 1.84. The van der Waals surface area contributed by atoms with Crippen molar-refractivity contribution in [2.24, 2.45) is 0 Å². The molecule has 6 nitrogen and oxygen atoms in total. The topological polar surface area (TPSA) is 75.8 Å². The Bertz CT molecular complexity index is 471. The van der Waals surface area contributed by atoms with Crippen molar-refractivity contribution in [2.75, 3.05) is 32.2 Å². The first-order valence-corrected chi connectivity index (χ1v) is 5.81. The van der Waals surface area contributed by atoms with Gasteiger partial charge in [0, 0.05) is 44.1 Å². The molecule has 1 aromatic carbocycles. The molecule has 0 spiro atoms. The number of ether oxygens (including phenoxy) is 1. The fraction of sp³-hybridized carbons (Fsp3) is 0.500. The summed E-state index contributed by atoms with van der Waals surface area (Å²) in [6, 6.07) is 3.25. The van der Waals surface area contributed by atoms with Gasteiger partial charge in [-0.2, -0.15) is 0 Å². The molecule has 0 radical (unpaired) electrons. The lowest BCUT2D eigenvalue weighted by Crippen LogP contribution is -2.32. The lowest BCUT2D eigenvalue weighted by atomic mass is 10.1. The number of benzene rings is 1. The SMILES string of the molecule is COCC(O)CN(C)c1ccc([N+](=O)[O-])cc1C(F)F. The number of halogens is 2. The normalized spacial score (nSPS) is 12.5. The number of nitro groups is 1. The number of aliphatic hydroxyl groups is 1. The highest BCUT2D eigenvalue weighted by molar-refractivity contribution is 5.58. The fourth-order valence-corrected chi connectivity index (χ4v) is 1.84. The zero-order chi connectivity index (χ0) is 15.3. The van der Waals surface area contributed by atoms with E-state index in [9.17, 15) is 24.0 Å². The number of non-ortho nitro benzene ring substituents is 1. The van der Waals surface area contributed by atoms with Crippen LogP contribution in [0.25, 0.3) is 0 Å². The number of likely N-dealkylation sites (N-methyl/N-ethyl adjacent to an activating group) is 1. The molecule has 0 aliphatic carbocycles. The summed E-state index contributed by atoms with van der Waals surface area (Å²) in [6.07, 6.45) is -3.68. The average Bonchev–Trinajstić information content (AvgIpc) is 2.37. The van der Waals surface area contributed by atoms with Crippen molar-refractivity contribution in [1.29, 1.82) is 0 Å². The average molecular weight is 290 g/mol. The third-order valence-electron chi connectivity index (χ3n) is 2.71. The van der Waals surface area contributed by atoms with Crippen LogP contribution in [-0.2, 0) is 4.74 Å². The molecule has 8 heteroatoms. The maximum Gasteiger partial charge on any atom is 0.270 e. The van der Waals surface area contributed by atoms with E-state index in [0.29, 0.717) is 0 Å². The number of aliphatic hydroxyl groups excluding tert-OH is 1. The Labute approximate surface area is 114 Å². The Balaban J connectivity index is 3.01. The molecular formula is C12H16F2N2O4.